The van der Waals surface area contributed by atoms with Crippen molar-refractivity contribution >= 4 is 17.8 Å². The third-order valence-electron chi connectivity index (χ3n) is 5.10. The number of hydrogen-bond acceptors (Lipinski definition) is 4. The van der Waals surface area contributed by atoms with Crippen molar-refractivity contribution in [3.63, 3.8) is 0 Å². The second kappa shape index (κ2) is 5.62. The summed E-state index contributed by atoms with van der Waals surface area (Å²) in [5.74, 6) is -1.31. The molecular formula is C16H20NO4-. The molecule has 1 saturated carbocycles. The first-order valence-electron chi connectivity index (χ1n) is 7.87. The quantitative estimate of drug-likeness (QED) is 0.720. The zero-order valence-corrected chi connectivity index (χ0v) is 12.1. The van der Waals surface area contributed by atoms with Crippen molar-refractivity contribution in [2.24, 2.45) is 11.8 Å². The van der Waals surface area contributed by atoms with Crippen LogP contribution >= 0.6 is 0 Å². The van der Waals surface area contributed by atoms with Crippen LogP contribution in [0.1, 0.15) is 51.4 Å². The van der Waals surface area contributed by atoms with Gasteiger partial charge in [0, 0.05) is 23.7 Å². The SMILES string of the molecule is O=C([O-])C1CCC(CN2C(=O)C3=C(CCCC3)C2=O)CC1. The van der Waals surface area contributed by atoms with Crippen LogP contribution < -0.4 is 5.11 Å². The highest BCUT2D eigenvalue weighted by atomic mass is 16.4. The highest BCUT2D eigenvalue weighted by molar-refractivity contribution is 6.19. The summed E-state index contributed by atoms with van der Waals surface area (Å²) in [4.78, 5) is 36.9. The number of imide groups is 1. The summed E-state index contributed by atoms with van der Waals surface area (Å²) in [6.07, 6.45) is 6.12. The summed E-state index contributed by atoms with van der Waals surface area (Å²) in [7, 11) is 0. The summed E-state index contributed by atoms with van der Waals surface area (Å²) in [6.45, 7) is 0.449. The van der Waals surface area contributed by atoms with Gasteiger partial charge in [-0.2, -0.15) is 0 Å². The summed E-state index contributed by atoms with van der Waals surface area (Å²) in [5, 5.41) is 10.8. The van der Waals surface area contributed by atoms with Gasteiger partial charge in [-0.15, -0.1) is 0 Å². The van der Waals surface area contributed by atoms with E-state index in [-0.39, 0.29) is 23.7 Å². The van der Waals surface area contributed by atoms with Crippen LogP contribution in [0.5, 0.6) is 0 Å². The molecule has 1 heterocycles. The van der Waals surface area contributed by atoms with Gasteiger partial charge in [-0.3, -0.25) is 14.5 Å². The summed E-state index contributed by atoms with van der Waals surface area (Å²) < 4.78 is 0. The molecular weight excluding hydrogens is 270 g/mol. The molecule has 3 rings (SSSR count). The number of carbonyl (C=O) groups is 3. The highest BCUT2D eigenvalue weighted by Gasteiger charge is 2.39. The molecule has 2 amide bonds. The van der Waals surface area contributed by atoms with Crippen molar-refractivity contribution < 1.29 is 19.5 Å². The van der Waals surface area contributed by atoms with Gasteiger partial charge in [0.05, 0.1) is 0 Å². The Balaban J connectivity index is 1.61. The Kier molecular flexibility index (Phi) is 3.83. The first-order valence-corrected chi connectivity index (χ1v) is 7.87. The molecule has 0 radical (unpaired) electrons. The fourth-order valence-electron chi connectivity index (χ4n) is 3.80. The fraction of sp³-hybridized carbons (Fsp3) is 0.688. The normalized spacial score (nSPS) is 29.8. The zero-order chi connectivity index (χ0) is 15.0. The van der Waals surface area contributed by atoms with E-state index in [1.807, 2.05) is 0 Å². The first-order chi connectivity index (χ1) is 10.1. The Bertz CT molecular complexity index is 486. The van der Waals surface area contributed by atoms with Gasteiger partial charge in [-0.1, -0.05) is 0 Å². The van der Waals surface area contributed by atoms with Gasteiger partial charge >= 0.3 is 0 Å². The van der Waals surface area contributed by atoms with E-state index in [2.05, 4.69) is 0 Å². The number of carboxylic acid groups (broad SMARTS) is 1. The summed E-state index contributed by atoms with van der Waals surface area (Å²) >= 11 is 0. The third-order valence-corrected chi connectivity index (χ3v) is 5.10. The van der Waals surface area contributed by atoms with Gasteiger partial charge in [-0.05, 0) is 63.2 Å². The van der Waals surface area contributed by atoms with Crippen LogP contribution in [0.3, 0.4) is 0 Å². The molecule has 114 valence electrons. The minimum Gasteiger partial charge on any atom is -0.550 e. The number of carbonyl (C=O) groups excluding carboxylic acids is 3. The van der Waals surface area contributed by atoms with Crippen LogP contribution in [-0.2, 0) is 14.4 Å². The Hall–Kier alpha value is -1.65. The van der Waals surface area contributed by atoms with Crippen molar-refractivity contribution in [2.45, 2.75) is 51.4 Å². The number of aliphatic carboxylic acids is 1. The van der Waals surface area contributed by atoms with Gasteiger partial charge in [-0.25, -0.2) is 0 Å². The largest absolute Gasteiger partial charge is 0.550 e. The molecule has 1 fully saturated rings. The van der Waals surface area contributed by atoms with Crippen LogP contribution in [-0.4, -0.2) is 29.2 Å². The van der Waals surface area contributed by atoms with Crippen molar-refractivity contribution in [3.05, 3.63) is 11.1 Å². The standard InChI is InChI=1S/C16H21NO4/c18-14-12-3-1-2-4-13(12)15(19)17(14)9-10-5-7-11(8-6-10)16(20)21/h10-11H,1-9H2,(H,20,21)/p-1. The smallest absolute Gasteiger partial charge is 0.257 e. The van der Waals surface area contributed by atoms with E-state index in [0.717, 1.165) is 49.7 Å². The molecule has 0 N–H and O–H groups in total. The number of carboxylic acids is 1. The van der Waals surface area contributed by atoms with Crippen LogP contribution in [0.4, 0.5) is 0 Å². The van der Waals surface area contributed by atoms with E-state index < -0.39 is 5.97 Å². The molecule has 0 aromatic carbocycles. The van der Waals surface area contributed by atoms with Gasteiger partial charge in [0.2, 0.25) is 0 Å². The lowest BCUT2D eigenvalue weighted by atomic mass is 9.82. The van der Waals surface area contributed by atoms with E-state index in [9.17, 15) is 19.5 Å². The molecule has 0 saturated heterocycles. The second-order valence-corrected chi connectivity index (χ2v) is 6.42. The predicted octanol–water partition coefficient (Wildman–Crippen LogP) is 0.782. The second-order valence-electron chi connectivity index (χ2n) is 6.42. The molecule has 5 heteroatoms. The van der Waals surface area contributed by atoms with Gasteiger partial charge in [0.1, 0.15) is 0 Å². The molecule has 0 bridgehead atoms. The van der Waals surface area contributed by atoms with Crippen LogP contribution in [0.15, 0.2) is 11.1 Å². The van der Waals surface area contributed by atoms with Crippen LogP contribution in [0.25, 0.3) is 0 Å². The van der Waals surface area contributed by atoms with Gasteiger partial charge < -0.3 is 9.90 Å². The lowest BCUT2D eigenvalue weighted by Crippen LogP contribution is -2.39. The number of amides is 2. The number of hydrogen-bond donors (Lipinski definition) is 0. The summed E-state index contributed by atoms with van der Waals surface area (Å²) in [5.41, 5.74) is 1.46. The zero-order valence-electron chi connectivity index (χ0n) is 12.1. The fourth-order valence-corrected chi connectivity index (χ4v) is 3.80. The molecule has 0 aromatic rings. The number of rotatable bonds is 3. The summed E-state index contributed by atoms with van der Waals surface area (Å²) in [6, 6.07) is 0. The maximum Gasteiger partial charge on any atom is 0.257 e. The van der Waals surface area contributed by atoms with Crippen molar-refractivity contribution in [2.75, 3.05) is 6.54 Å². The molecule has 2 aliphatic carbocycles. The van der Waals surface area contributed by atoms with E-state index >= 15 is 0 Å². The molecule has 0 spiro atoms. The monoisotopic (exact) mass is 290 g/mol. The van der Waals surface area contributed by atoms with Crippen LogP contribution in [0.2, 0.25) is 0 Å². The van der Waals surface area contributed by atoms with Crippen molar-refractivity contribution in [3.8, 4) is 0 Å². The van der Waals surface area contributed by atoms with E-state index in [4.69, 9.17) is 0 Å². The first kappa shape index (κ1) is 14.3. The van der Waals surface area contributed by atoms with Crippen molar-refractivity contribution in [1.29, 1.82) is 0 Å². The minimum atomic E-state index is -0.973. The Morgan fingerprint density at radius 2 is 1.52 bits per heavy atom. The lowest BCUT2D eigenvalue weighted by molar-refractivity contribution is -0.312. The van der Waals surface area contributed by atoms with Crippen LogP contribution in [0, 0.1) is 11.8 Å². The Morgan fingerprint density at radius 1 is 1.00 bits per heavy atom. The Labute approximate surface area is 124 Å². The molecule has 21 heavy (non-hydrogen) atoms. The number of nitrogens with zero attached hydrogens (tertiary/aromatic N) is 1. The van der Waals surface area contributed by atoms with Crippen molar-refractivity contribution in [1.82, 2.24) is 4.90 Å². The average molecular weight is 290 g/mol. The maximum absolute atomic E-state index is 12.3. The molecule has 0 unspecified atom stereocenters. The third kappa shape index (κ3) is 2.61. The molecule has 1 aliphatic heterocycles. The lowest BCUT2D eigenvalue weighted by Gasteiger charge is -2.31. The minimum absolute atomic E-state index is 0.100. The van der Waals surface area contributed by atoms with Gasteiger partial charge in [0.25, 0.3) is 11.8 Å². The van der Waals surface area contributed by atoms with E-state index in [1.165, 1.54) is 4.90 Å². The predicted molar refractivity (Wildman–Crippen MR) is 72.7 cm³/mol. The molecule has 0 atom stereocenters. The average Bonchev–Trinajstić information content (AvgIpc) is 2.73. The highest BCUT2D eigenvalue weighted by Crippen LogP contribution is 2.35. The molecule has 5 nitrogen and oxygen atoms in total. The molecule has 3 aliphatic rings. The van der Waals surface area contributed by atoms with E-state index in [0.29, 0.717) is 19.4 Å². The van der Waals surface area contributed by atoms with E-state index in [1.54, 1.807) is 0 Å². The topological polar surface area (TPSA) is 77.5 Å². The maximum atomic E-state index is 12.3. The Morgan fingerprint density at radius 3 is 2.00 bits per heavy atom. The molecule has 0 aromatic heterocycles. The van der Waals surface area contributed by atoms with Gasteiger partial charge in [0.15, 0.2) is 0 Å².